The molecule has 0 aromatic rings. The first-order valence-corrected chi connectivity index (χ1v) is 5.98. The number of carbonyl (C=O) groups excluding carboxylic acids is 1. The summed E-state index contributed by atoms with van der Waals surface area (Å²) in [6.07, 6.45) is 8.82. The van der Waals surface area contributed by atoms with Crippen LogP contribution in [0.5, 0.6) is 0 Å². The van der Waals surface area contributed by atoms with E-state index in [2.05, 4.69) is 0 Å². The van der Waals surface area contributed by atoms with E-state index in [1.807, 2.05) is 6.92 Å². The normalized spacial score (nSPS) is 20.7. The predicted molar refractivity (Wildman–Crippen MR) is 59.1 cm³/mol. The highest BCUT2D eigenvalue weighted by atomic mass is 16.1. The lowest BCUT2D eigenvalue weighted by Gasteiger charge is -2.20. The Morgan fingerprint density at radius 3 is 2.57 bits per heavy atom. The van der Waals surface area contributed by atoms with Crippen LogP contribution in [-0.2, 0) is 4.79 Å². The fraction of sp³-hybridized carbons (Fsp3) is 0.917. The summed E-state index contributed by atoms with van der Waals surface area (Å²) in [6.45, 7) is 2.01. The van der Waals surface area contributed by atoms with E-state index in [0.717, 1.165) is 32.1 Å². The highest BCUT2D eigenvalue weighted by Crippen LogP contribution is 2.25. The molecule has 1 saturated carbocycles. The molecule has 0 heterocycles. The maximum absolute atomic E-state index is 11.7. The third kappa shape index (κ3) is 4.23. The summed E-state index contributed by atoms with van der Waals surface area (Å²) in [6, 6.07) is 0.245. The zero-order valence-electron chi connectivity index (χ0n) is 9.30. The molecular weight excluding hydrogens is 174 g/mol. The number of hydrogen-bond donors (Lipinski definition) is 1. The fourth-order valence-electron chi connectivity index (χ4n) is 2.23. The second-order valence-corrected chi connectivity index (χ2v) is 4.67. The minimum Gasteiger partial charge on any atom is -0.328 e. The lowest BCUT2D eigenvalue weighted by atomic mass is 9.84. The minimum atomic E-state index is 0.245. The first-order valence-electron chi connectivity index (χ1n) is 5.98. The van der Waals surface area contributed by atoms with Crippen molar-refractivity contribution in [1.29, 1.82) is 0 Å². The van der Waals surface area contributed by atoms with Crippen LogP contribution in [0.2, 0.25) is 0 Å². The largest absolute Gasteiger partial charge is 0.328 e. The number of Topliss-reactive ketones (excluding diaryl/α,β-unsaturated/α-hetero) is 1. The highest BCUT2D eigenvalue weighted by Gasteiger charge is 2.20. The van der Waals surface area contributed by atoms with Gasteiger partial charge < -0.3 is 5.73 Å². The number of hydrogen-bond acceptors (Lipinski definition) is 2. The SMILES string of the molecule is CC(N)CCCC(=O)C1CCCCC1. The topological polar surface area (TPSA) is 43.1 Å². The number of carbonyl (C=O) groups is 1. The standard InChI is InChI=1S/C12H23NO/c1-10(13)6-5-9-12(14)11-7-3-2-4-8-11/h10-11H,2-9,13H2,1H3. The molecule has 1 rings (SSSR count). The first-order chi connectivity index (χ1) is 6.70. The molecule has 0 bridgehead atoms. The van der Waals surface area contributed by atoms with Gasteiger partial charge in [0.05, 0.1) is 0 Å². The molecule has 2 N–H and O–H groups in total. The quantitative estimate of drug-likeness (QED) is 0.736. The highest BCUT2D eigenvalue weighted by molar-refractivity contribution is 5.80. The molecule has 0 aromatic heterocycles. The third-order valence-corrected chi connectivity index (χ3v) is 3.14. The van der Waals surface area contributed by atoms with Gasteiger partial charge in [-0.1, -0.05) is 19.3 Å². The number of nitrogens with two attached hydrogens (primary N) is 1. The summed E-state index contributed by atoms with van der Waals surface area (Å²) in [5.41, 5.74) is 5.65. The van der Waals surface area contributed by atoms with E-state index < -0.39 is 0 Å². The molecule has 1 fully saturated rings. The van der Waals surface area contributed by atoms with Crippen LogP contribution >= 0.6 is 0 Å². The average molecular weight is 197 g/mol. The molecule has 0 spiro atoms. The molecule has 0 aliphatic heterocycles. The van der Waals surface area contributed by atoms with Gasteiger partial charge in [0, 0.05) is 18.4 Å². The van der Waals surface area contributed by atoms with Crippen LogP contribution in [-0.4, -0.2) is 11.8 Å². The Bertz CT molecular complexity index is 171. The average Bonchev–Trinajstić information content (AvgIpc) is 2.18. The Labute approximate surface area is 87.2 Å². The van der Waals surface area contributed by atoms with Crippen molar-refractivity contribution >= 4 is 5.78 Å². The molecule has 1 unspecified atom stereocenters. The van der Waals surface area contributed by atoms with Crippen LogP contribution in [0.3, 0.4) is 0 Å². The zero-order chi connectivity index (χ0) is 10.4. The monoisotopic (exact) mass is 197 g/mol. The summed E-state index contributed by atoms with van der Waals surface area (Å²) >= 11 is 0. The molecule has 1 aliphatic carbocycles. The van der Waals surface area contributed by atoms with Crippen LogP contribution in [0.1, 0.15) is 58.3 Å². The van der Waals surface area contributed by atoms with Crippen LogP contribution in [0, 0.1) is 5.92 Å². The number of ketones is 1. The van der Waals surface area contributed by atoms with Crippen LogP contribution < -0.4 is 5.73 Å². The summed E-state index contributed by atoms with van der Waals surface area (Å²) in [5.74, 6) is 0.877. The molecular formula is C12H23NO. The van der Waals surface area contributed by atoms with Crippen LogP contribution in [0.4, 0.5) is 0 Å². The van der Waals surface area contributed by atoms with Gasteiger partial charge in [-0.05, 0) is 32.6 Å². The first kappa shape index (κ1) is 11.7. The molecule has 14 heavy (non-hydrogen) atoms. The van der Waals surface area contributed by atoms with Gasteiger partial charge in [0.1, 0.15) is 5.78 Å². The van der Waals surface area contributed by atoms with E-state index in [-0.39, 0.29) is 6.04 Å². The van der Waals surface area contributed by atoms with Crippen molar-refractivity contribution in [3.63, 3.8) is 0 Å². The Balaban J connectivity index is 2.13. The van der Waals surface area contributed by atoms with Gasteiger partial charge >= 0.3 is 0 Å². The van der Waals surface area contributed by atoms with Gasteiger partial charge in [-0.25, -0.2) is 0 Å². The lowest BCUT2D eigenvalue weighted by Crippen LogP contribution is -2.19. The van der Waals surface area contributed by atoms with Gasteiger partial charge in [-0.15, -0.1) is 0 Å². The smallest absolute Gasteiger partial charge is 0.135 e. The fourth-order valence-corrected chi connectivity index (χ4v) is 2.23. The maximum Gasteiger partial charge on any atom is 0.135 e. The molecule has 2 heteroatoms. The third-order valence-electron chi connectivity index (χ3n) is 3.14. The van der Waals surface area contributed by atoms with Gasteiger partial charge in [-0.3, -0.25) is 4.79 Å². The van der Waals surface area contributed by atoms with Crippen molar-refractivity contribution in [2.45, 2.75) is 64.3 Å². The van der Waals surface area contributed by atoms with Crippen LogP contribution in [0.25, 0.3) is 0 Å². The van der Waals surface area contributed by atoms with Crippen molar-refractivity contribution in [3.8, 4) is 0 Å². The Hall–Kier alpha value is -0.370. The Morgan fingerprint density at radius 2 is 2.00 bits per heavy atom. The van der Waals surface area contributed by atoms with Crippen molar-refractivity contribution < 1.29 is 4.79 Å². The van der Waals surface area contributed by atoms with Crippen LogP contribution in [0.15, 0.2) is 0 Å². The van der Waals surface area contributed by atoms with Crippen molar-refractivity contribution in [3.05, 3.63) is 0 Å². The van der Waals surface area contributed by atoms with Crippen molar-refractivity contribution in [1.82, 2.24) is 0 Å². The zero-order valence-corrected chi connectivity index (χ0v) is 9.30. The van der Waals surface area contributed by atoms with Gasteiger partial charge in [0.25, 0.3) is 0 Å². The summed E-state index contributed by atoms with van der Waals surface area (Å²) in [5, 5.41) is 0. The maximum atomic E-state index is 11.7. The molecule has 0 amide bonds. The van der Waals surface area contributed by atoms with Crippen molar-refractivity contribution in [2.24, 2.45) is 11.7 Å². The summed E-state index contributed by atoms with van der Waals surface area (Å²) < 4.78 is 0. The lowest BCUT2D eigenvalue weighted by molar-refractivity contribution is -0.123. The van der Waals surface area contributed by atoms with E-state index in [1.54, 1.807) is 0 Å². The number of rotatable bonds is 5. The summed E-state index contributed by atoms with van der Waals surface area (Å²) in [7, 11) is 0. The molecule has 2 nitrogen and oxygen atoms in total. The van der Waals surface area contributed by atoms with Gasteiger partial charge in [0.2, 0.25) is 0 Å². The predicted octanol–water partition coefficient (Wildman–Crippen LogP) is 2.65. The van der Waals surface area contributed by atoms with Gasteiger partial charge in [-0.2, -0.15) is 0 Å². The molecule has 0 radical (unpaired) electrons. The molecule has 1 atom stereocenters. The molecule has 82 valence electrons. The summed E-state index contributed by atoms with van der Waals surface area (Å²) in [4.78, 5) is 11.7. The van der Waals surface area contributed by atoms with E-state index in [0.29, 0.717) is 11.7 Å². The Kier molecular flexibility index (Phi) is 5.16. The minimum absolute atomic E-state index is 0.245. The van der Waals surface area contributed by atoms with E-state index >= 15 is 0 Å². The van der Waals surface area contributed by atoms with Gasteiger partial charge in [0.15, 0.2) is 0 Å². The van der Waals surface area contributed by atoms with E-state index in [4.69, 9.17) is 5.73 Å². The molecule has 0 aromatic carbocycles. The molecule has 0 saturated heterocycles. The Morgan fingerprint density at radius 1 is 1.36 bits per heavy atom. The molecule has 1 aliphatic rings. The second kappa shape index (κ2) is 6.18. The second-order valence-electron chi connectivity index (χ2n) is 4.67. The van der Waals surface area contributed by atoms with E-state index in [9.17, 15) is 4.79 Å². The van der Waals surface area contributed by atoms with E-state index in [1.165, 1.54) is 19.3 Å². The van der Waals surface area contributed by atoms with Crippen molar-refractivity contribution in [2.75, 3.05) is 0 Å².